The molecule has 7 nitrogen and oxygen atoms in total. The summed E-state index contributed by atoms with van der Waals surface area (Å²) >= 11 is 0. The summed E-state index contributed by atoms with van der Waals surface area (Å²) in [7, 11) is 10.4. The fourth-order valence-corrected chi connectivity index (χ4v) is 5.00. The predicted molar refractivity (Wildman–Crippen MR) is 158 cm³/mol. The number of nitrogens with one attached hydrogen (secondary N) is 2. The number of rotatable bonds is 2. The summed E-state index contributed by atoms with van der Waals surface area (Å²) < 4.78 is 0. The summed E-state index contributed by atoms with van der Waals surface area (Å²) in [6.07, 6.45) is 3.28. The van der Waals surface area contributed by atoms with Crippen LogP contribution in [-0.2, 0) is 0 Å². The number of aliphatic hydroxyl groups is 1. The molecule has 6 atom stereocenters. The Balaban J connectivity index is -0.000000115. The number of likely N-dealkylation sites (tertiary alicyclic amines) is 3. The summed E-state index contributed by atoms with van der Waals surface area (Å²) in [6.45, 7) is 11.2. The summed E-state index contributed by atoms with van der Waals surface area (Å²) in [4.78, 5) is 6.85. The van der Waals surface area contributed by atoms with Gasteiger partial charge in [0.25, 0.3) is 0 Å². The number of piperidine rings is 3. The molecule has 0 bridgehead atoms. The molecule has 3 rings (SSSR count). The fraction of sp³-hybridized carbons (Fsp3) is 1.00. The van der Waals surface area contributed by atoms with Crippen molar-refractivity contribution in [3.8, 4) is 0 Å². The van der Waals surface area contributed by atoms with E-state index in [2.05, 4.69) is 60.3 Å². The molecule has 3 fully saturated rings. The van der Waals surface area contributed by atoms with Gasteiger partial charge in [-0.1, -0.05) is 51.0 Å². The molecule has 34 heavy (non-hydrogen) atoms. The van der Waals surface area contributed by atoms with E-state index in [0.29, 0.717) is 18.1 Å². The van der Waals surface area contributed by atoms with Gasteiger partial charge < -0.3 is 36.2 Å². The first-order valence-electron chi connectivity index (χ1n) is 11.5. The molecule has 5 N–H and O–H groups in total. The lowest BCUT2D eigenvalue weighted by molar-refractivity contribution is 0.0671. The Bertz CT molecular complexity index is 357. The standard InChI is InChI=1S/C8H18N2.C7H16N2O.C7H16N2.5CH4/c1-7-4-8(9-2)6-10(3)5-7;1-8-6-3-7(10)5-9(2)4-6;1-6-3-7(8)5-9(2)4-6;;;;;/h7-9H,4-6H2,1-3H3;6-8,10H,3-5H2,1-2H3;6-7H,3-5,8H2,1-2H3;5*1H4. The SMILES string of the molecule is C.C.C.C.C.CC1CC(N)CN(C)C1.CNC1CC(C)CN(C)C1.CNC1CC(O)CN(C)C1. The van der Waals surface area contributed by atoms with Crippen LogP contribution in [0.5, 0.6) is 0 Å². The quantitative estimate of drug-likeness (QED) is 0.469. The average molecular weight is 495 g/mol. The van der Waals surface area contributed by atoms with Gasteiger partial charge in [0.05, 0.1) is 6.10 Å². The van der Waals surface area contributed by atoms with Gasteiger partial charge >= 0.3 is 0 Å². The molecule has 3 saturated heterocycles. The van der Waals surface area contributed by atoms with E-state index in [0.717, 1.165) is 37.9 Å². The van der Waals surface area contributed by atoms with Crippen molar-refractivity contribution in [3.63, 3.8) is 0 Å². The molecular weight excluding hydrogens is 424 g/mol. The second-order valence-corrected chi connectivity index (χ2v) is 9.97. The first-order chi connectivity index (χ1) is 13.6. The highest BCUT2D eigenvalue weighted by molar-refractivity contribution is 4.80. The van der Waals surface area contributed by atoms with Crippen molar-refractivity contribution in [2.24, 2.45) is 17.6 Å². The van der Waals surface area contributed by atoms with Gasteiger partial charge in [-0.25, -0.2) is 0 Å². The fourth-order valence-electron chi connectivity index (χ4n) is 5.00. The number of nitrogens with two attached hydrogens (primary N) is 1. The minimum Gasteiger partial charge on any atom is -0.392 e. The van der Waals surface area contributed by atoms with Crippen LogP contribution in [-0.4, -0.2) is 119 Å². The van der Waals surface area contributed by atoms with Crippen molar-refractivity contribution < 1.29 is 5.11 Å². The zero-order chi connectivity index (χ0) is 22.0. The number of likely N-dealkylation sites (N-methyl/N-ethyl adjacent to an activating group) is 5. The molecule has 3 heterocycles. The third-order valence-corrected chi connectivity index (χ3v) is 6.14. The van der Waals surface area contributed by atoms with Crippen LogP contribution in [0.1, 0.15) is 70.2 Å². The summed E-state index contributed by atoms with van der Waals surface area (Å²) in [5.74, 6) is 1.65. The van der Waals surface area contributed by atoms with Crippen LogP contribution in [0.15, 0.2) is 0 Å². The van der Waals surface area contributed by atoms with Crippen LogP contribution in [0.25, 0.3) is 0 Å². The van der Waals surface area contributed by atoms with Gasteiger partial charge in [-0.15, -0.1) is 0 Å². The Morgan fingerprint density at radius 2 is 1.00 bits per heavy atom. The third kappa shape index (κ3) is 19.0. The lowest BCUT2D eigenvalue weighted by Gasteiger charge is -2.33. The maximum atomic E-state index is 9.30. The van der Waals surface area contributed by atoms with Crippen molar-refractivity contribution in [1.29, 1.82) is 0 Å². The zero-order valence-electron chi connectivity index (χ0n) is 20.2. The monoisotopic (exact) mass is 495 g/mol. The van der Waals surface area contributed by atoms with Gasteiger partial charge in [-0.3, -0.25) is 0 Å². The van der Waals surface area contributed by atoms with Crippen LogP contribution in [0, 0.1) is 11.8 Å². The van der Waals surface area contributed by atoms with Crippen molar-refractivity contribution in [2.45, 2.75) is 94.5 Å². The van der Waals surface area contributed by atoms with E-state index in [1.54, 1.807) is 0 Å². The summed E-state index contributed by atoms with van der Waals surface area (Å²) in [5.41, 5.74) is 5.77. The second kappa shape index (κ2) is 23.1. The Hall–Kier alpha value is -0.280. The molecule has 7 heteroatoms. The van der Waals surface area contributed by atoms with Gasteiger partial charge in [-0.05, 0) is 66.3 Å². The van der Waals surface area contributed by atoms with Gasteiger partial charge in [0.15, 0.2) is 0 Å². The molecule has 214 valence electrons. The summed E-state index contributed by atoms with van der Waals surface area (Å²) in [6, 6.07) is 1.60. The third-order valence-electron chi connectivity index (χ3n) is 6.14. The molecule has 0 spiro atoms. The molecule has 0 aromatic heterocycles. The number of aliphatic hydroxyl groups excluding tert-OH is 1. The molecule has 0 saturated carbocycles. The Labute approximate surface area is 217 Å². The largest absolute Gasteiger partial charge is 0.392 e. The van der Waals surface area contributed by atoms with Crippen LogP contribution in [0.3, 0.4) is 0 Å². The molecule has 0 amide bonds. The van der Waals surface area contributed by atoms with Crippen LogP contribution < -0.4 is 16.4 Å². The number of hydrogen-bond acceptors (Lipinski definition) is 7. The van der Waals surface area contributed by atoms with Crippen LogP contribution in [0.4, 0.5) is 0 Å². The highest BCUT2D eigenvalue weighted by atomic mass is 16.3. The maximum Gasteiger partial charge on any atom is 0.0682 e. The highest BCUT2D eigenvalue weighted by Gasteiger charge is 2.22. The number of nitrogens with zero attached hydrogens (tertiary/aromatic N) is 3. The minimum absolute atomic E-state index is 0. The Morgan fingerprint density at radius 1 is 0.618 bits per heavy atom. The zero-order valence-corrected chi connectivity index (χ0v) is 20.2. The van der Waals surface area contributed by atoms with Crippen molar-refractivity contribution >= 4 is 0 Å². The topological polar surface area (TPSA) is 80.0 Å². The molecule has 0 aromatic rings. The average Bonchev–Trinajstić information content (AvgIpc) is 2.60. The van der Waals surface area contributed by atoms with E-state index in [1.807, 2.05) is 14.1 Å². The molecule has 3 aliphatic rings. The molecule has 0 radical (unpaired) electrons. The Kier molecular flexibility index (Phi) is 29.8. The minimum atomic E-state index is -0.142. The first kappa shape index (κ1) is 43.8. The number of hydrogen-bond donors (Lipinski definition) is 4. The predicted octanol–water partition coefficient (Wildman–Crippen LogP) is 3.28. The summed E-state index contributed by atoms with van der Waals surface area (Å²) in [5, 5.41) is 15.8. The van der Waals surface area contributed by atoms with Crippen molar-refractivity contribution in [3.05, 3.63) is 0 Å². The van der Waals surface area contributed by atoms with Crippen LogP contribution >= 0.6 is 0 Å². The smallest absolute Gasteiger partial charge is 0.0682 e. The highest BCUT2D eigenvalue weighted by Crippen LogP contribution is 2.14. The number of β-amino-alcohol motifs (C(OH)–C–C–N with tert-alkyl or cyclic N) is 1. The normalized spacial score (nSPS) is 31.7. The molecular formula is C27H70N6O. The van der Waals surface area contributed by atoms with E-state index in [-0.39, 0.29) is 43.2 Å². The lowest BCUT2D eigenvalue weighted by Crippen LogP contribution is -2.48. The van der Waals surface area contributed by atoms with Gasteiger partial charge in [0.1, 0.15) is 0 Å². The van der Waals surface area contributed by atoms with E-state index < -0.39 is 0 Å². The molecule has 0 aliphatic carbocycles. The van der Waals surface area contributed by atoms with Gasteiger partial charge in [-0.2, -0.15) is 0 Å². The van der Waals surface area contributed by atoms with E-state index in [1.165, 1.54) is 32.5 Å². The molecule has 0 aromatic carbocycles. The van der Waals surface area contributed by atoms with Gasteiger partial charge in [0, 0.05) is 57.4 Å². The van der Waals surface area contributed by atoms with E-state index in [4.69, 9.17) is 5.73 Å². The Morgan fingerprint density at radius 3 is 1.35 bits per heavy atom. The van der Waals surface area contributed by atoms with Gasteiger partial charge in [0.2, 0.25) is 0 Å². The van der Waals surface area contributed by atoms with E-state index in [9.17, 15) is 5.11 Å². The van der Waals surface area contributed by atoms with Crippen LogP contribution in [0.2, 0.25) is 0 Å². The molecule has 3 aliphatic heterocycles. The van der Waals surface area contributed by atoms with Crippen molar-refractivity contribution in [1.82, 2.24) is 25.3 Å². The van der Waals surface area contributed by atoms with E-state index >= 15 is 0 Å². The molecule has 6 unspecified atom stereocenters. The first-order valence-corrected chi connectivity index (χ1v) is 11.5. The lowest BCUT2D eigenvalue weighted by atomic mass is 9.97. The van der Waals surface area contributed by atoms with Crippen molar-refractivity contribution in [2.75, 3.05) is 74.5 Å². The second-order valence-electron chi connectivity index (χ2n) is 9.97. The maximum absolute atomic E-state index is 9.30.